The minimum Gasteiger partial charge on any atom is -0.382 e. The lowest BCUT2D eigenvalue weighted by molar-refractivity contribution is -0.0122. The molecule has 1 aliphatic heterocycles. The first-order valence-corrected chi connectivity index (χ1v) is 5.57. The molecule has 14 heavy (non-hydrogen) atoms. The van der Waals surface area contributed by atoms with E-state index in [1.807, 2.05) is 6.07 Å². The number of hydrogen-bond acceptors (Lipinski definition) is 2. The summed E-state index contributed by atoms with van der Waals surface area (Å²) in [4.78, 5) is 0. The van der Waals surface area contributed by atoms with Crippen LogP contribution in [0.15, 0.2) is 22.7 Å². The number of rotatable bonds is 0. The Hall–Kier alpha value is -0.540. The fourth-order valence-electron chi connectivity index (χ4n) is 1.74. The zero-order valence-electron chi connectivity index (χ0n) is 8.43. The fraction of sp³-hybridized carbons (Fsp3) is 0.455. The highest BCUT2D eigenvalue weighted by molar-refractivity contribution is 9.10. The molecule has 0 atom stereocenters. The quantitative estimate of drug-likeness (QED) is 0.770. The van der Waals surface area contributed by atoms with Gasteiger partial charge < -0.3 is 10.1 Å². The predicted octanol–water partition coefficient (Wildman–Crippen LogP) is 3.13. The molecule has 2 nitrogen and oxygen atoms in total. The summed E-state index contributed by atoms with van der Waals surface area (Å²) in [5.41, 5.74) is 2.18. The average molecular weight is 256 g/mol. The number of anilines is 1. The van der Waals surface area contributed by atoms with Gasteiger partial charge in [0.1, 0.15) is 0 Å². The number of hydrogen-bond donors (Lipinski definition) is 1. The van der Waals surface area contributed by atoms with Gasteiger partial charge in [0.25, 0.3) is 0 Å². The molecule has 0 aromatic heterocycles. The van der Waals surface area contributed by atoms with E-state index in [1.165, 1.54) is 11.3 Å². The van der Waals surface area contributed by atoms with Gasteiger partial charge in [-0.2, -0.15) is 0 Å². The van der Waals surface area contributed by atoms with Crippen molar-refractivity contribution in [3.05, 3.63) is 28.2 Å². The molecule has 0 saturated heterocycles. The van der Waals surface area contributed by atoms with Gasteiger partial charge in [0.2, 0.25) is 0 Å². The van der Waals surface area contributed by atoms with Crippen molar-refractivity contribution in [3.63, 3.8) is 0 Å². The molecule has 0 bridgehead atoms. The molecule has 1 heterocycles. The Morgan fingerprint density at radius 2 is 2.21 bits per heavy atom. The standard InChI is InChI=1S/C11H14BrNO/c1-11(2)9-7-8(12)3-4-10(9)13-5-6-14-11/h3-4,7,13H,5-6H2,1-2H3. The van der Waals surface area contributed by atoms with Crippen molar-refractivity contribution >= 4 is 21.6 Å². The Kier molecular flexibility index (Phi) is 2.54. The number of ether oxygens (including phenoxy) is 1. The van der Waals surface area contributed by atoms with Gasteiger partial charge >= 0.3 is 0 Å². The summed E-state index contributed by atoms with van der Waals surface area (Å²) in [5, 5.41) is 3.36. The van der Waals surface area contributed by atoms with Crippen molar-refractivity contribution in [3.8, 4) is 0 Å². The molecule has 1 N–H and O–H groups in total. The van der Waals surface area contributed by atoms with Crippen LogP contribution in [0, 0.1) is 0 Å². The molecule has 0 amide bonds. The highest BCUT2D eigenvalue weighted by atomic mass is 79.9. The molecule has 76 valence electrons. The summed E-state index contributed by atoms with van der Waals surface area (Å²) < 4.78 is 6.88. The van der Waals surface area contributed by atoms with E-state index in [2.05, 4.69) is 47.2 Å². The van der Waals surface area contributed by atoms with Gasteiger partial charge in [0, 0.05) is 22.3 Å². The third kappa shape index (κ3) is 1.79. The van der Waals surface area contributed by atoms with Crippen molar-refractivity contribution in [2.24, 2.45) is 0 Å². The van der Waals surface area contributed by atoms with E-state index >= 15 is 0 Å². The highest BCUT2D eigenvalue weighted by Gasteiger charge is 2.26. The molecule has 1 aromatic carbocycles. The predicted molar refractivity (Wildman–Crippen MR) is 61.6 cm³/mol. The van der Waals surface area contributed by atoms with Crippen LogP contribution >= 0.6 is 15.9 Å². The SMILES string of the molecule is CC1(C)OCCNc2ccc(Br)cc21. The summed E-state index contributed by atoms with van der Waals surface area (Å²) >= 11 is 3.48. The first kappa shape index (κ1) is 9.99. The zero-order chi connectivity index (χ0) is 10.2. The van der Waals surface area contributed by atoms with Gasteiger partial charge in [-0.3, -0.25) is 0 Å². The maximum atomic E-state index is 5.79. The fourth-order valence-corrected chi connectivity index (χ4v) is 2.10. The molecule has 0 aliphatic carbocycles. The molecule has 0 fully saturated rings. The maximum Gasteiger partial charge on any atom is 0.0896 e. The molecule has 1 aliphatic rings. The molecular weight excluding hydrogens is 242 g/mol. The van der Waals surface area contributed by atoms with Gasteiger partial charge in [-0.05, 0) is 32.0 Å². The van der Waals surface area contributed by atoms with Crippen LogP contribution in [0.4, 0.5) is 5.69 Å². The third-order valence-corrected chi connectivity index (χ3v) is 3.00. The first-order valence-electron chi connectivity index (χ1n) is 4.77. The minimum atomic E-state index is -0.206. The summed E-state index contributed by atoms with van der Waals surface area (Å²) in [6.45, 7) is 5.83. The molecule has 2 rings (SSSR count). The summed E-state index contributed by atoms with van der Waals surface area (Å²) in [6.07, 6.45) is 0. The molecule has 0 saturated carbocycles. The Morgan fingerprint density at radius 1 is 1.43 bits per heavy atom. The topological polar surface area (TPSA) is 21.3 Å². The number of nitrogens with one attached hydrogen (secondary N) is 1. The molecule has 1 aromatic rings. The molecule has 0 spiro atoms. The van der Waals surface area contributed by atoms with Crippen molar-refractivity contribution in [1.29, 1.82) is 0 Å². The van der Waals surface area contributed by atoms with Crippen LogP contribution in [0.1, 0.15) is 19.4 Å². The number of fused-ring (bicyclic) bond motifs is 1. The van der Waals surface area contributed by atoms with E-state index in [9.17, 15) is 0 Å². The number of benzene rings is 1. The van der Waals surface area contributed by atoms with E-state index in [1.54, 1.807) is 0 Å². The molecular formula is C11H14BrNO. The van der Waals surface area contributed by atoms with Crippen LogP contribution in [-0.4, -0.2) is 13.2 Å². The summed E-state index contributed by atoms with van der Waals surface area (Å²) in [5.74, 6) is 0. The monoisotopic (exact) mass is 255 g/mol. The first-order chi connectivity index (χ1) is 6.59. The normalized spacial score (nSPS) is 19.4. The van der Waals surface area contributed by atoms with Crippen molar-refractivity contribution < 1.29 is 4.74 Å². The second kappa shape index (κ2) is 3.55. The van der Waals surface area contributed by atoms with Gasteiger partial charge in [-0.1, -0.05) is 15.9 Å². The number of halogens is 1. The lowest BCUT2D eigenvalue weighted by Crippen LogP contribution is -2.21. The smallest absolute Gasteiger partial charge is 0.0896 e. The molecule has 0 unspecified atom stereocenters. The Morgan fingerprint density at radius 3 is 3.00 bits per heavy atom. The Labute approximate surface area is 92.8 Å². The summed E-state index contributed by atoms with van der Waals surface area (Å²) in [7, 11) is 0. The van der Waals surface area contributed by atoms with E-state index in [0.29, 0.717) is 0 Å². The van der Waals surface area contributed by atoms with Crippen LogP contribution in [-0.2, 0) is 10.3 Å². The van der Waals surface area contributed by atoms with E-state index in [0.717, 1.165) is 17.6 Å². The third-order valence-electron chi connectivity index (χ3n) is 2.51. The Balaban J connectivity index is 2.52. The van der Waals surface area contributed by atoms with E-state index < -0.39 is 0 Å². The van der Waals surface area contributed by atoms with Crippen LogP contribution in [0.3, 0.4) is 0 Å². The van der Waals surface area contributed by atoms with Crippen LogP contribution in [0.25, 0.3) is 0 Å². The highest BCUT2D eigenvalue weighted by Crippen LogP contribution is 2.34. The lowest BCUT2D eigenvalue weighted by Gasteiger charge is -2.25. The molecule has 0 radical (unpaired) electrons. The molecule has 3 heteroatoms. The van der Waals surface area contributed by atoms with Crippen molar-refractivity contribution in [2.75, 3.05) is 18.5 Å². The second-order valence-electron chi connectivity index (χ2n) is 3.98. The van der Waals surface area contributed by atoms with Crippen LogP contribution < -0.4 is 5.32 Å². The largest absolute Gasteiger partial charge is 0.382 e. The zero-order valence-corrected chi connectivity index (χ0v) is 10.0. The van der Waals surface area contributed by atoms with Gasteiger partial charge in [0.15, 0.2) is 0 Å². The Bertz CT molecular complexity index is 349. The van der Waals surface area contributed by atoms with Gasteiger partial charge in [-0.25, -0.2) is 0 Å². The van der Waals surface area contributed by atoms with Crippen molar-refractivity contribution in [1.82, 2.24) is 0 Å². The van der Waals surface area contributed by atoms with Gasteiger partial charge in [0.05, 0.1) is 12.2 Å². The minimum absolute atomic E-state index is 0.206. The van der Waals surface area contributed by atoms with Gasteiger partial charge in [-0.15, -0.1) is 0 Å². The van der Waals surface area contributed by atoms with Crippen LogP contribution in [0.2, 0.25) is 0 Å². The average Bonchev–Trinajstić information content (AvgIpc) is 2.26. The van der Waals surface area contributed by atoms with Crippen LogP contribution in [0.5, 0.6) is 0 Å². The van der Waals surface area contributed by atoms with E-state index in [4.69, 9.17) is 4.74 Å². The maximum absolute atomic E-state index is 5.79. The van der Waals surface area contributed by atoms with E-state index in [-0.39, 0.29) is 5.60 Å². The van der Waals surface area contributed by atoms with Crippen molar-refractivity contribution in [2.45, 2.75) is 19.4 Å². The second-order valence-corrected chi connectivity index (χ2v) is 4.89. The lowest BCUT2D eigenvalue weighted by atomic mass is 9.96. The summed E-state index contributed by atoms with van der Waals surface area (Å²) in [6, 6.07) is 6.26.